The molecule has 0 bridgehead atoms. The van der Waals surface area contributed by atoms with Gasteiger partial charge in [0.05, 0.1) is 17.2 Å². The van der Waals surface area contributed by atoms with Crippen LogP contribution < -0.4 is 10.6 Å². The molecule has 0 spiro atoms. The van der Waals surface area contributed by atoms with Gasteiger partial charge in [-0.25, -0.2) is 4.98 Å². The Balaban J connectivity index is 1.36. The summed E-state index contributed by atoms with van der Waals surface area (Å²) < 4.78 is 1.92. The molecule has 150 valence electrons. The molecule has 2 amide bonds. The van der Waals surface area contributed by atoms with E-state index in [0.29, 0.717) is 16.1 Å². The highest BCUT2D eigenvalue weighted by Crippen LogP contribution is 2.18. The Kier molecular flexibility index (Phi) is 5.72. The Hall–Kier alpha value is -3.71. The smallest absolute Gasteiger partial charge is 0.265 e. The fraction of sp³-hybridized carbons (Fsp3) is 0.0870. The molecule has 0 unspecified atom stereocenters. The van der Waals surface area contributed by atoms with Gasteiger partial charge >= 0.3 is 0 Å². The fourth-order valence-corrected chi connectivity index (χ4v) is 3.63. The molecule has 0 aliphatic rings. The van der Waals surface area contributed by atoms with Gasteiger partial charge in [0, 0.05) is 29.3 Å². The molecule has 2 aromatic heterocycles. The molecular formula is C23H20N4O2S. The van der Waals surface area contributed by atoms with Crippen LogP contribution in [-0.4, -0.2) is 21.4 Å². The molecule has 0 aliphatic carbocycles. The lowest BCUT2D eigenvalue weighted by Gasteiger charge is -2.15. The van der Waals surface area contributed by atoms with E-state index in [4.69, 9.17) is 0 Å². The minimum Gasteiger partial charge on any atom is -0.346 e. The summed E-state index contributed by atoms with van der Waals surface area (Å²) in [6.07, 6.45) is 5.36. The summed E-state index contributed by atoms with van der Waals surface area (Å²) in [6.45, 7) is 1.94. The molecule has 0 aliphatic heterocycles. The standard InChI is InChI=1S/C23H20N4O2S/c1-16(17-6-10-20(11-7-17)27-13-12-24-15-27)25-22(28)18-4-8-19(9-5-18)26-23(29)21-3-2-14-30-21/h2-16H,1H3,(H,25,28)(H,26,29)/t16-/m0/s1. The second-order valence-electron chi connectivity index (χ2n) is 6.77. The van der Waals surface area contributed by atoms with Crippen molar-refractivity contribution >= 4 is 28.8 Å². The first-order valence-electron chi connectivity index (χ1n) is 9.44. The number of carbonyl (C=O) groups excluding carboxylic acids is 2. The Bertz CT molecular complexity index is 1120. The first-order chi connectivity index (χ1) is 14.6. The second kappa shape index (κ2) is 8.75. The number of carbonyl (C=O) groups is 2. The molecule has 4 rings (SSSR count). The van der Waals surface area contributed by atoms with Crippen molar-refractivity contribution in [2.45, 2.75) is 13.0 Å². The summed E-state index contributed by atoms with van der Waals surface area (Å²) in [4.78, 5) is 29.4. The van der Waals surface area contributed by atoms with E-state index in [1.54, 1.807) is 42.9 Å². The zero-order valence-electron chi connectivity index (χ0n) is 16.3. The van der Waals surface area contributed by atoms with Gasteiger partial charge in [-0.05, 0) is 60.3 Å². The highest BCUT2D eigenvalue weighted by atomic mass is 32.1. The quantitative estimate of drug-likeness (QED) is 0.479. The average Bonchev–Trinajstić information content (AvgIpc) is 3.48. The number of nitrogens with zero attached hydrogens (tertiary/aromatic N) is 2. The lowest BCUT2D eigenvalue weighted by molar-refractivity contribution is 0.0939. The van der Waals surface area contributed by atoms with Crippen LogP contribution in [-0.2, 0) is 0 Å². The lowest BCUT2D eigenvalue weighted by atomic mass is 10.1. The number of amides is 2. The van der Waals surface area contributed by atoms with Crippen LogP contribution in [0, 0.1) is 0 Å². The summed E-state index contributed by atoms with van der Waals surface area (Å²) in [5, 5.41) is 7.69. The second-order valence-corrected chi connectivity index (χ2v) is 7.71. The molecule has 4 aromatic rings. The third-order valence-corrected chi connectivity index (χ3v) is 5.56. The molecule has 0 fully saturated rings. The predicted octanol–water partition coefficient (Wildman–Crippen LogP) is 4.68. The van der Waals surface area contributed by atoms with E-state index >= 15 is 0 Å². The summed E-state index contributed by atoms with van der Waals surface area (Å²) in [5.74, 6) is -0.327. The molecule has 1 atom stereocenters. The highest BCUT2D eigenvalue weighted by Gasteiger charge is 2.12. The molecule has 30 heavy (non-hydrogen) atoms. The van der Waals surface area contributed by atoms with E-state index < -0.39 is 0 Å². The molecule has 7 heteroatoms. The zero-order chi connectivity index (χ0) is 20.9. The maximum atomic E-state index is 12.6. The fourth-order valence-electron chi connectivity index (χ4n) is 3.02. The van der Waals surface area contributed by atoms with Crippen molar-refractivity contribution in [3.63, 3.8) is 0 Å². The van der Waals surface area contributed by atoms with Crippen LogP contribution >= 0.6 is 11.3 Å². The van der Waals surface area contributed by atoms with Crippen LogP contribution in [0.1, 0.15) is 38.6 Å². The van der Waals surface area contributed by atoms with Gasteiger partial charge in [-0.15, -0.1) is 11.3 Å². The normalized spacial score (nSPS) is 11.6. The molecule has 2 aromatic carbocycles. The van der Waals surface area contributed by atoms with Gasteiger partial charge < -0.3 is 15.2 Å². The van der Waals surface area contributed by atoms with Crippen molar-refractivity contribution in [2.24, 2.45) is 0 Å². The number of aromatic nitrogens is 2. The highest BCUT2D eigenvalue weighted by molar-refractivity contribution is 7.12. The molecule has 2 heterocycles. The Morgan fingerprint density at radius 3 is 2.40 bits per heavy atom. The van der Waals surface area contributed by atoms with Crippen LogP contribution in [0.3, 0.4) is 0 Å². The number of nitrogens with one attached hydrogen (secondary N) is 2. The lowest BCUT2D eigenvalue weighted by Crippen LogP contribution is -2.26. The third kappa shape index (κ3) is 4.47. The average molecular weight is 417 g/mol. The minimum atomic E-state index is -0.169. The number of rotatable bonds is 6. The van der Waals surface area contributed by atoms with E-state index in [-0.39, 0.29) is 17.9 Å². The van der Waals surface area contributed by atoms with Crippen LogP contribution in [0.15, 0.2) is 84.8 Å². The molecule has 0 radical (unpaired) electrons. The SMILES string of the molecule is C[C@H](NC(=O)c1ccc(NC(=O)c2cccs2)cc1)c1ccc(-n2ccnc2)cc1. The largest absolute Gasteiger partial charge is 0.346 e. The Morgan fingerprint density at radius 2 is 1.77 bits per heavy atom. The Labute approximate surface area is 178 Å². The number of hydrogen-bond acceptors (Lipinski definition) is 4. The summed E-state index contributed by atoms with van der Waals surface area (Å²) >= 11 is 1.38. The van der Waals surface area contributed by atoms with Crippen molar-refractivity contribution in [2.75, 3.05) is 5.32 Å². The topological polar surface area (TPSA) is 76.0 Å². The van der Waals surface area contributed by atoms with Crippen LogP contribution in [0.4, 0.5) is 5.69 Å². The zero-order valence-corrected chi connectivity index (χ0v) is 17.1. The Morgan fingerprint density at radius 1 is 1.00 bits per heavy atom. The van der Waals surface area contributed by atoms with Crippen molar-refractivity contribution in [1.29, 1.82) is 0 Å². The van der Waals surface area contributed by atoms with Crippen molar-refractivity contribution in [3.05, 3.63) is 101 Å². The first kappa shape index (κ1) is 19.6. The van der Waals surface area contributed by atoms with Gasteiger partial charge in [0.1, 0.15) is 0 Å². The molecule has 0 saturated heterocycles. The monoisotopic (exact) mass is 416 g/mol. The molecule has 2 N–H and O–H groups in total. The third-order valence-electron chi connectivity index (χ3n) is 4.69. The van der Waals surface area contributed by atoms with Crippen LogP contribution in [0.2, 0.25) is 0 Å². The van der Waals surface area contributed by atoms with E-state index in [0.717, 1.165) is 11.3 Å². The van der Waals surface area contributed by atoms with E-state index in [1.807, 2.05) is 53.4 Å². The van der Waals surface area contributed by atoms with Crippen LogP contribution in [0.25, 0.3) is 5.69 Å². The van der Waals surface area contributed by atoms with Gasteiger partial charge in [-0.3, -0.25) is 9.59 Å². The van der Waals surface area contributed by atoms with Gasteiger partial charge in [-0.1, -0.05) is 18.2 Å². The number of thiophene rings is 1. The molecule has 6 nitrogen and oxygen atoms in total. The van der Waals surface area contributed by atoms with Gasteiger partial charge in [0.15, 0.2) is 0 Å². The minimum absolute atomic E-state index is 0.146. The van der Waals surface area contributed by atoms with Crippen molar-refractivity contribution in [1.82, 2.24) is 14.9 Å². The van der Waals surface area contributed by atoms with Crippen LogP contribution in [0.5, 0.6) is 0 Å². The number of imidazole rings is 1. The van der Waals surface area contributed by atoms with Crippen molar-refractivity contribution < 1.29 is 9.59 Å². The molecular weight excluding hydrogens is 396 g/mol. The predicted molar refractivity (Wildman–Crippen MR) is 118 cm³/mol. The van der Waals surface area contributed by atoms with E-state index in [9.17, 15) is 9.59 Å². The van der Waals surface area contributed by atoms with Gasteiger partial charge in [0.2, 0.25) is 0 Å². The summed E-state index contributed by atoms with van der Waals surface area (Å²) in [5.41, 5.74) is 3.20. The number of anilines is 1. The number of benzene rings is 2. The summed E-state index contributed by atoms with van der Waals surface area (Å²) in [7, 11) is 0. The summed E-state index contributed by atoms with van der Waals surface area (Å²) in [6, 6.07) is 18.3. The van der Waals surface area contributed by atoms with Crippen molar-refractivity contribution in [3.8, 4) is 5.69 Å². The number of hydrogen-bond donors (Lipinski definition) is 2. The van der Waals surface area contributed by atoms with E-state index in [2.05, 4.69) is 15.6 Å². The molecule has 0 saturated carbocycles. The maximum Gasteiger partial charge on any atom is 0.265 e. The first-order valence-corrected chi connectivity index (χ1v) is 10.3. The van der Waals surface area contributed by atoms with Gasteiger partial charge in [-0.2, -0.15) is 0 Å². The van der Waals surface area contributed by atoms with E-state index in [1.165, 1.54) is 11.3 Å². The van der Waals surface area contributed by atoms with Gasteiger partial charge in [0.25, 0.3) is 11.8 Å². The maximum absolute atomic E-state index is 12.6.